The molecule has 1 saturated heterocycles. The normalized spacial score (nSPS) is 15.9. The van der Waals surface area contributed by atoms with E-state index in [2.05, 4.69) is 11.1 Å². The van der Waals surface area contributed by atoms with Gasteiger partial charge in [0.2, 0.25) is 0 Å². The van der Waals surface area contributed by atoms with Crippen LogP contribution in [-0.4, -0.2) is 57.4 Å². The highest BCUT2D eigenvalue weighted by Crippen LogP contribution is 2.28. The SMILES string of the molecule is N#CC1CCCN1N(CC=O)C(=O)c1ccnc2ccc(-c3ccc(C(=O)O)cc3)cc12. The number of carbonyl (C=O) groups excluding carboxylic acids is 2. The van der Waals surface area contributed by atoms with Gasteiger partial charge >= 0.3 is 5.97 Å². The molecule has 0 bridgehead atoms. The maximum atomic E-state index is 13.5. The number of pyridine rings is 1. The molecule has 0 spiro atoms. The Bertz CT molecular complexity index is 1230. The summed E-state index contributed by atoms with van der Waals surface area (Å²) < 4.78 is 0. The monoisotopic (exact) mass is 428 g/mol. The third-order valence-corrected chi connectivity index (χ3v) is 5.60. The Morgan fingerprint density at radius 2 is 1.94 bits per heavy atom. The van der Waals surface area contributed by atoms with Gasteiger partial charge in [-0.1, -0.05) is 18.2 Å². The number of fused-ring (bicyclic) bond motifs is 1. The van der Waals surface area contributed by atoms with Crippen molar-refractivity contribution in [3.05, 3.63) is 65.9 Å². The molecule has 1 aliphatic rings. The van der Waals surface area contributed by atoms with Crippen molar-refractivity contribution in [2.24, 2.45) is 0 Å². The molecule has 8 heteroatoms. The number of nitriles is 1. The highest BCUT2D eigenvalue weighted by Gasteiger charge is 2.33. The summed E-state index contributed by atoms with van der Waals surface area (Å²) in [5.74, 6) is -1.37. The molecule has 8 nitrogen and oxygen atoms in total. The van der Waals surface area contributed by atoms with Gasteiger partial charge in [0, 0.05) is 18.1 Å². The van der Waals surface area contributed by atoms with Crippen molar-refractivity contribution < 1.29 is 19.5 Å². The molecular formula is C24H20N4O4. The molecule has 0 saturated carbocycles. The topological polar surface area (TPSA) is 115 Å². The number of carbonyl (C=O) groups is 3. The number of aromatic nitrogens is 1. The first-order valence-electron chi connectivity index (χ1n) is 10.2. The third-order valence-electron chi connectivity index (χ3n) is 5.60. The van der Waals surface area contributed by atoms with Crippen LogP contribution in [0.1, 0.15) is 33.6 Å². The number of hydrazine groups is 1. The van der Waals surface area contributed by atoms with Crippen molar-refractivity contribution in [1.82, 2.24) is 15.0 Å². The van der Waals surface area contributed by atoms with Crippen LogP contribution in [0.4, 0.5) is 0 Å². The van der Waals surface area contributed by atoms with Gasteiger partial charge in [-0.15, -0.1) is 0 Å². The Balaban J connectivity index is 1.75. The number of benzene rings is 2. The predicted octanol–water partition coefficient (Wildman–Crippen LogP) is 3.14. The van der Waals surface area contributed by atoms with E-state index < -0.39 is 12.0 Å². The molecule has 3 aromatic rings. The van der Waals surface area contributed by atoms with E-state index in [0.29, 0.717) is 35.7 Å². The van der Waals surface area contributed by atoms with Crippen LogP contribution in [0.25, 0.3) is 22.0 Å². The summed E-state index contributed by atoms with van der Waals surface area (Å²) in [6.45, 7) is 0.388. The zero-order valence-electron chi connectivity index (χ0n) is 17.1. The fourth-order valence-corrected chi connectivity index (χ4v) is 4.00. The third kappa shape index (κ3) is 3.94. The van der Waals surface area contributed by atoms with E-state index in [1.807, 2.05) is 12.1 Å². The first-order valence-corrected chi connectivity index (χ1v) is 10.2. The smallest absolute Gasteiger partial charge is 0.335 e. The zero-order valence-corrected chi connectivity index (χ0v) is 17.1. The number of rotatable bonds is 6. The van der Waals surface area contributed by atoms with Crippen molar-refractivity contribution in [3.8, 4) is 17.2 Å². The fraction of sp³-hybridized carbons (Fsp3) is 0.208. The van der Waals surface area contributed by atoms with Crippen molar-refractivity contribution in [1.29, 1.82) is 5.26 Å². The van der Waals surface area contributed by atoms with Crippen LogP contribution in [0, 0.1) is 11.3 Å². The van der Waals surface area contributed by atoms with Gasteiger partial charge in [0.25, 0.3) is 5.91 Å². The standard InChI is InChI=1S/C24H20N4O4/c25-15-19-2-1-11-27(19)28(12-13-29)23(30)20-9-10-26-22-8-7-18(14-21(20)22)16-3-5-17(6-4-16)24(31)32/h3-10,13-14,19H,1-2,11-12H2,(H,31,32). The fourth-order valence-electron chi connectivity index (χ4n) is 4.00. The molecule has 160 valence electrons. The molecular weight excluding hydrogens is 408 g/mol. The lowest BCUT2D eigenvalue weighted by atomic mass is 9.99. The molecule has 1 aliphatic heterocycles. The van der Waals surface area contributed by atoms with E-state index in [1.165, 1.54) is 17.1 Å². The highest BCUT2D eigenvalue weighted by atomic mass is 16.4. The Hall–Kier alpha value is -4.09. The Labute approximate surface area is 184 Å². The second kappa shape index (κ2) is 8.96. The maximum Gasteiger partial charge on any atom is 0.335 e. The number of amides is 1. The van der Waals surface area contributed by atoms with Crippen LogP contribution in [0.15, 0.2) is 54.7 Å². The van der Waals surface area contributed by atoms with Gasteiger partial charge in [-0.2, -0.15) is 5.26 Å². The van der Waals surface area contributed by atoms with Gasteiger partial charge in [-0.25, -0.2) is 9.80 Å². The molecule has 32 heavy (non-hydrogen) atoms. The van der Waals surface area contributed by atoms with Crippen molar-refractivity contribution >= 4 is 29.1 Å². The molecule has 1 N–H and O–H groups in total. The van der Waals surface area contributed by atoms with Crippen LogP contribution in [0.2, 0.25) is 0 Å². The lowest BCUT2D eigenvalue weighted by Gasteiger charge is -2.32. The van der Waals surface area contributed by atoms with E-state index in [4.69, 9.17) is 5.11 Å². The highest BCUT2D eigenvalue weighted by molar-refractivity contribution is 6.07. The van der Waals surface area contributed by atoms with Gasteiger partial charge < -0.3 is 9.90 Å². The van der Waals surface area contributed by atoms with E-state index in [9.17, 15) is 19.6 Å². The van der Waals surface area contributed by atoms with Gasteiger partial charge in [0.15, 0.2) is 0 Å². The minimum Gasteiger partial charge on any atom is -0.478 e. The number of nitrogens with zero attached hydrogens (tertiary/aromatic N) is 4. The largest absolute Gasteiger partial charge is 0.478 e. The maximum absolute atomic E-state index is 13.5. The predicted molar refractivity (Wildman–Crippen MR) is 117 cm³/mol. The van der Waals surface area contributed by atoms with Crippen molar-refractivity contribution in [3.63, 3.8) is 0 Å². The molecule has 0 radical (unpaired) electrons. The van der Waals surface area contributed by atoms with Gasteiger partial charge in [0.05, 0.1) is 29.3 Å². The Morgan fingerprint density at radius 3 is 2.62 bits per heavy atom. The summed E-state index contributed by atoms with van der Waals surface area (Å²) >= 11 is 0. The number of hydrogen-bond acceptors (Lipinski definition) is 6. The van der Waals surface area contributed by atoms with Crippen molar-refractivity contribution in [2.45, 2.75) is 18.9 Å². The Kier molecular flexibility index (Phi) is 5.92. The van der Waals surface area contributed by atoms with Crippen LogP contribution < -0.4 is 0 Å². The van der Waals surface area contributed by atoms with Gasteiger partial charge in [-0.3, -0.25) is 14.8 Å². The molecule has 1 amide bonds. The molecule has 1 unspecified atom stereocenters. The summed E-state index contributed by atoms with van der Waals surface area (Å²) in [7, 11) is 0. The minimum absolute atomic E-state index is 0.142. The molecule has 2 heterocycles. The Morgan fingerprint density at radius 1 is 1.19 bits per heavy atom. The lowest BCUT2D eigenvalue weighted by molar-refractivity contribution is -0.112. The first kappa shape index (κ1) is 21.2. The first-order chi connectivity index (χ1) is 15.5. The lowest BCUT2D eigenvalue weighted by Crippen LogP contribution is -2.49. The van der Waals surface area contributed by atoms with Crippen LogP contribution in [0.5, 0.6) is 0 Å². The molecule has 1 atom stereocenters. The summed E-state index contributed by atoms with van der Waals surface area (Å²) in [5.41, 5.74) is 2.78. The summed E-state index contributed by atoms with van der Waals surface area (Å²) in [4.78, 5) is 40.3. The van der Waals surface area contributed by atoms with E-state index >= 15 is 0 Å². The zero-order chi connectivity index (χ0) is 22.7. The van der Waals surface area contributed by atoms with Crippen molar-refractivity contribution in [2.75, 3.05) is 13.1 Å². The van der Waals surface area contributed by atoms with Crippen LogP contribution >= 0.6 is 0 Å². The molecule has 1 fully saturated rings. The average Bonchev–Trinajstić information content (AvgIpc) is 3.30. The average molecular weight is 428 g/mol. The van der Waals surface area contributed by atoms with Gasteiger partial charge in [0.1, 0.15) is 12.3 Å². The second-order valence-corrected chi connectivity index (χ2v) is 7.48. The number of carboxylic acid groups (broad SMARTS) is 1. The van der Waals surface area contributed by atoms with Crippen LogP contribution in [-0.2, 0) is 4.79 Å². The number of hydrogen-bond donors (Lipinski definition) is 1. The summed E-state index contributed by atoms with van der Waals surface area (Å²) in [6, 6.07) is 15.3. The minimum atomic E-state index is -1.00. The molecule has 1 aromatic heterocycles. The number of aldehydes is 1. The number of carboxylic acids is 1. The van der Waals surface area contributed by atoms with Crippen LogP contribution in [0.3, 0.4) is 0 Å². The summed E-state index contributed by atoms with van der Waals surface area (Å²) in [5, 5.41) is 22.2. The second-order valence-electron chi connectivity index (χ2n) is 7.48. The van der Waals surface area contributed by atoms with E-state index in [1.54, 1.807) is 35.5 Å². The molecule has 4 rings (SSSR count). The van der Waals surface area contributed by atoms with Gasteiger partial charge in [-0.05, 0) is 54.3 Å². The van der Waals surface area contributed by atoms with E-state index in [-0.39, 0.29) is 18.0 Å². The molecule has 2 aromatic carbocycles. The number of aromatic carboxylic acids is 1. The molecule has 0 aliphatic carbocycles. The quantitative estimate of drug-likeness (QED) is 0.600. The summed E-state index contributed by atoms with van der Waals surface area (Å²) in [6.07, 6.45) is 3.62. The van der Waals surface area contributed by atoms with E-state index in [0.717, 1.165) is 17.5 Å².